The molecule has 2 saturated carbocycles. The minimum Gasteiger partial charge on any atom is -0.373 e. The minimum atomic E-state index is 0.314. The molecule has 2 fully saturated rings. The van der Waals surface area contributed by atoms with Crippen LogP contribution in [0.2, 0.25) is 0 Å². The summed E-state index contributed by atoms with van der Waals surface area (Å²) in [6.45, 7) is 0. The van der Waals surface area contributed by atoms with Crippen molar-refractivity contribution in [2.45, 2.75) is 69.6 Å². The molecule has 0 bridgehead atoms. The van der Waals surface area contributed by atoms with E-state index in [1.807, 2.05) is 0 Å². The van der Waals surface area contributed by atoms with Gasteiger partial charge in [-0.1, -0.05) is 25.7 Å². The molecule has 0 aliphatic heterocycles. The summed E-state index contributed by atoms with van der Waals surface area (Å²) in [5.74, 6) is 0. The van der Waals surface area contributed by atoms with Crippen LogP contribution in [0.1, 0.15) is 51.4 Å². The third-order valence-electron chi connectivity index (χ3n) is 3.42. The van der Waals surface area contributed by atoms with Crippen LogP contribution in [0.25, 0.3) is 0 Å². The smallest absolute Gasteiger partial charge is 0.0729 e. The molecule has 0 aromatic rings. The molecule has 0 saturated heterocycles. The quantitative estimate of drug-likeness (QED) is 0.712. The summed E-state index contributed by atoms with van der Waals surface area (Å²) in [6.07, 6.45) is 11.1. The molecular weight excluding hydrogens is 162 g/mol. The van der Waals surface area contributed by atoms with Gasteiger partial charge in [0, 0.05) is 6.04 Å². The van der Waals surface area contributed by atoms with Crippen molar-refractivity contribution in [3.05, 3.63) is 0 Å². The van der Waals surface area contributed by atoms with Gasteiger partial charge in [0.25, 0.3) is 0 Å². The van der Waals surface area contributed by atoms with E-state index in [9.17, 15) is 0 Å². The van der Waals surface area contributed by atoms with Gasteiger partial charge in [0.15, 0.2) is 0 Å². The molecule has 2 aliphatic rings. The maximum atomic E-state index is 6.04. The Bertz CT molecular complexity index is 154. The Kier molecular flexibility index (Phi) is 3.23. The van der Waals surface area contributed by atoms with Gasteiger partial charge in [0.1, 0.15) is 0 Å². The predicted octanol–water partition coefficient (Wildman–Crippen LogP) is 2.22. The number of hydrogen-bond acceptors (Lipinski definition) is 2. The lowest BCUT2D eigenvalue weighted by Crippen LogP contribution is -2.41. The molecule has 2 N–H and O–H groups in total. The summed E-state index contributed by atoms with van der Waals surface area (Å²) < 4.78 is 6.04. The van der Waals surface area contributed by atoms with Crippen molar-refractivity contribution >= 4 is 0 Å². The van der Waals surface area contributed by atoms with E-state index in [1.165, 1.54) is 44.9 Å². The van der Waals surface area contributed by atoms with E-state index in [1.54, 1.807) is 0 Å². The Hall–Kier alpha value is -0.0800. The summed E-state index contributed by atoms with van der Waals surface area (Å²) in [4.78, 5) is 0. The second kappa shape index (κ2) is 4.43. The minimum absolute atomic E-state index is 0.314. The van der Waals surface area contributed by atoms with E-state index in [-0.39, 0.29) is 0 Å². The Morgan fingerprint density at radius 2 is 1.46 bits per heavy atom. The molecule has 0 unspecified atom stereocenters. The number of rotatable bonds is 2. The van der Waals surface area contributed by atoms with E-state index in [0.29, 0.717) is 18.2 Å². The lowest BCUT2D eigenvalue weighted by molar-refractivity contribution is -0.0359. The van der Waals surface area contributed by atoms with Crippen LogP contribution >= 0.6 is 0 Å². The summed E-state index contributed by atoms with van der Waals surface area (Å²) in [7, 11) is 0. The summed E-state index contributed by atoms with van der Waals surface area (Å²) >= 11 is 0. The van der Waals surface area contributed by atoms with E-state index >= 15 is 0 Å². The van der Waals surface area contributed by atoms with Crippen LogP contribution < -0.4 is 5.73 Å². The molecule has 2 aliphatic carbocycles. The van der Waals surface area contributed by atoms with Crippen molar-refractivity contribution in [3.8, 4) is 0 Å². The molecule has 0 heterocycles. The highest BCUT2D eigenvalue weighted by molar-refractivity contribution is 4.80. The van der Waals surface area contributed by atoms with Crippen molar-refractivity contribution in [2.24, 2.45) is 5.73 Å². The Morgan fingerprint density at radius 1 is 0.846 bits per heavy atom. The van der Waals surface area contributed by atoms with Crippen LogP contribution in [-0.2, 0) is 4.74 Å². The zero-order valence-electron chi connectivity index (χ0n) is 8.37. The zero-order valence-corrected chi connectivity index (χ0v) is 8.37. The van der Waals surface area contributed by atoms with Gasteiger partial charge in [-0.3, -0.25) is 0 Å². The van der Waals surface area contributed by atoms with Crippen LogP contribution in [0.4, 0.5) is 0 Å². The Morgan fingerprint density at radius 3 is 2.15 bits per heavy atom. The highest BCUT2D eigenvalue weighted by Crippen LogP contribution is 2.27. The van der Waals surface area contributed by atoms with E-state index in [0.717, 1.165) is 6.42 Å². The maximum Gasteiger partial charge on any atom is 0.0729 e. The lowest BCUT2D eigenvalue weighted by Gasteiger charge is -2.30. The largest absolute Gasteiger partial charge is 0.373 e. The molecule has 76 valence electrons. The summed E-state index contributed by atoms with van der Waals surface area (Å²) in [5, 5.41) is 0. The predicted molar refractivity (Wildman–Crippen MR) is 53.6 cm³/mol. The van der Waals surface area contributed by atoms with Gasteiger partial charge in [-0.25, -0.2) is 0 Å². The van der Waals surface area contributed by atoms with Crippen LogP contribution in [0, 0.1) is 0 Å². The topological polar surface area (TPSA) is 35.2 Å². The SMILES string of the molecule is N[C@H]1CCCC[C@H]1OC1CCCC1. The first kappa shape index (κ1) is 9.47. The second-order valence-electron chi connectivity index (χ2n) is 4.53. The van der Waals surface area contributed by atoms with Crippen LogP contribution in [-0.4, -0.2) is 18.2 Å². The zero-order chi connectivity index (χ0) is 9.10. The van der Waals surface area contributed by atoms with Crippen LogP contribution in [0.3, 0.4) is 0 Å². The highest BCUT2D eigenvalue weighted by Gasteiger charge is 2.26. The normalized spacial score (nSPS) is 36.7. The number of hydrogen-bond donors (Lipinski definition) is 1. The average Bonchev–Trinajstić information content (AvgIpc) is 2.61. The number of ether oxygens (including phenoxy) is 1. The maximum absolute atomic E-state index is 6.04. The Balaban J connectivity index is 1.78. The molecule has 0 aromatic heterocycles. The van der Waals surface area contributed by atoms with Gasteiger partial charge in [-0.15, -0.1) is 0 Å². The standard InChI is InChI=1S/C11H21NO/c12-10-7-3-4-8-11(10)13-9-5-1-2-6-9/h9-11H,1-8,12H2/t10-,11+/m0/s1. The van der Waals surface area contributed by atoms with Crippen molar-refractivity contribution < 1.29 is 4.74 Å². The fourth-order valence-electron chi connectivity index (χ4n) is 2.57. The molecule has 2 heteroatoms. The Labute approximate surface area is 80.8 Å². The second-order valence-corrected chi connectivity index (χ2v) is 4.53. The monoisotopic (exact) mass is 183 g/mol. The van der Waals surface area contributed by atoms with E-state index in [4.69, 9.17) is 10.5 Å². The lowest BCUT2D eigenvalue weighted by atomic mass is 9.93. The molecule has 2 nitrogen and oxygen atoms in total. The van der Waals surface area contributed by atoms with Gasteiger partial charge in [0.05, 0.1) is 12.2 Å². The van der Waals surface area contributed by atoms with E-state index in [2.05, 4.69) is 0 Å². The third-order valence-corrected chi connectivity index (χ3v) is 3.42. The highest BCUT2D eigenvalue weighted by atomic mass is 16.5. The van der Waals surface area contributed by atoms with E-state index < -0.39 is 0 Å². The van der Waals surface area contributed by atoms with Gasteiger partial charge >= 0.3 is 0 Å². The first-order valence-electron chi connectivity index (χ1n) is 5.77. The van der Waals surface area contributed by atoms with Crippen LogP contribution in [0.15, 0.2) is 0 Å². The van der Waals surface area contributed by atoms with Gasteiger partial charge in [-0.2, -0.15) is 0 Å². The molecule has 0 spiro atoms. The summed E-state index contributed by atoms with van der Waals surface area (Å²) in [5.41, 5.74) is 6.03. The molecule has 0 radical (unpaired) electrons. The van der Waals surface area contributed by atoms with Crippen molar-refractivity contribution in [3.63, 3.8) is 0 Å². The van der Waals surface area contributed by atoms with Crippen LogP contribution in [0.5, 0.6) is 0 Å². The molecule has 13 heavy (non-hydrogen) atoms. The molecule has 0 aromatic carbocycles. The first-order chi connectivity index (χ1) is 6.36. The number of nitrogens with two attached hydrogens (primary N) is 1. The van der Waals surface area contributed by atoms with Crippen molar-refractivity contribution in [2.75, 3.05) is 0 Å². The molecular formula is C11H21NO. The molecule has 0 amide bonds. The first-order valence-corrected chi connectivity index (χ1v) is 5.77. The summed E-state index contributed by atoms with van der Waals surface area (Å²) in [6, 6.07) is 0.314. The molecule has 2 atom stereocenters. The van der Waals surface area contributed by atoms with Crippen molar-refractivity contribution in [1.29, 1.82) is 0 Å². The van der Waals surface area contributed by atoms with Gasteiger partial charge in [-0.05, 0) is 25.7 Å². The fourth-order valence-corrected chi connectivity index (χ4v) is 2.57. The average molecular weight is 183 g/mol. The van der Waals surface area contributed by atoms with Gasteiger partial charge < -0.3 is 10.5 Å². The fraction of sp³-hybridized carbons (Fsp3) is 1.00. The van der Waals surface area contributed by atoms with Gasteiger partial charge in [0.2, 0.25) is 0 Å². The third kappa shape index (κ3) is 2.44. The van der Waals surface area contributed by atoms with Crippen molar-refractivity contribution in [1.82, 2.24) is 0 Å². The molecule has 2 rings (SSSR count).